The highest BCUT2D eigenvalue weighted by atomic mass is 16.6. The van der Waals surface area contributed by atoms with Gasteiger partial charge >= 0.3 is 6.09 Å². The van der Waals surface area contributed by atoms with Crippen LogP contribution in [0.25, 0.3) is 0 Å². The summed E-state index contributed by atoms with van der Waals surface area (Å²) in [5.74, 6) is -0.281. The predicted molar refractivity (Wildman–Crippen MR) is 79.7 cm³/mol. The molecular weight excluding hydrogens is 270 g/mol. The number of rotatable bonds is 4. The summed E-state index contributed by atoms with van der Waals surface area (Å²) in [7, 11) is 0. The van der Waals surface area contributed by atoms with Gasteiger partial charge in [0.1, 0.15) is 5.60 Å². The van der Waals surface area contributed by atoms with Crippen molar-refractivity contribution in [2.75, 3.05) is 6.54 Å². The van der Waals surface area contributed by atoms with Gasteiger partial charge < -0.3 is 20.7 Å². The maximum atomic E-state index is 12.3. The van der Waals surface area contributed by atoms with Crippen LogP contribution in [0.5, 0.6) is 0 Å². The van der Waals surface area contributed by atoms with E-state index < -0.39 is 5.60 Å². The first-order chi connectivity index (χ1) is 9.76. The zero-order valence-electron chi connectivity index (χ0n) is 13.2. The van der Waals surface area contributed by atoms with Crippen LogP contribution in [0, 0.1) is 0 Å². The lowest BCUT2D eigenvalue weighted by Gasteiger charge is -2.39. The highest BCUT2D eigenvalue weighted by Gasteiger charge is 2.44. The van der Waals surface area contributed by atoms with Crippen molar-refractivity contribution in [2.45, 2.75) is 76.6 Å². The zero-order chi connectivity index (χ0) is 15.6. The van der Waals surface area contributed by atoms with E-state index in [1.54, 1.807) is 0 Å². The molecule has 2 amide bonds. The molecule has 0 aliphatic carbocycles. The van der Waals surface area contributed by atoms with Crippen LogP contribution in [-0.4, -0.2) is 47.2 Å². The quantitative estimate of drug-likeness (QED) is 0.821. The van der Waals surface area contributed by atoms with Crippen LogP contribution in [0.3, 0.4) is 0 Å². The summed E-state index contributed by atoms with van der Waals surface area (Å²) in [6, 6.07) is 0.870. The van der Waals surface area contributed by atoms with E-state index in [2.05, 4.69) is 5.32 Å². The van der Waals surface area contributed by atoms with Gasteiger partial charge in [0.25, 0.3) is 0 Å². The number of primary amides is 1. The van der Waals surface area contributed by atoms with Gasteiger partial charge in [-0.1, -0.05) is 0 Å². The number of nitrogens with zero attached hydrogens (tertiary/aromatic N) is 1. The zero-order valence-corrected chi connectivity index (χ0v) is 13.2. The second-order valence-corrected chi connectivity index (χ2v) is 7.11. The number of fused-ring (bicyclic) bond motifs is 2. The van der Waals surface area contributed by atoms with Crippen molar-refractivity contribution >= 4 is 12.0 Å². The van der Waals surface area contributed by atoms with Crippen molar-refractivity contribution in [2.24, 2.45) is 5.73 Å². The first-order valence-electron chi connectivity index (χ1n) is 7.79. The largest absolute Gasteiger partial charge is 0.444 e. The average molecular weight is 297 g/mol. The smallest absolute Gasteiger partial charge is 0.410 e. The molecular formula is C15H27N3O3. The van der Waals surface area contributed by atoms with Gasteiger partial charge in [-0.15, -0.1) is 0 Å². The van der Waals surface area contributed by atoms with Gasteiger partial charge in [0, 0.05) is 31.1 Å². The number of nitrogens with two attached hydrogens (primary N) is 1. The van der Waals surface area contributed by atoms with Gasteiger partial charge in [-0.25, -0.2) is 4.79 Å². The fourth-order valence-corrected chi connectivity index (χ4v) is 3.36. The molecule has 0 aromatic heterocycles. The second kappa shape index (κ2) is 6.22. The minimum absolute atomic E-state index is 0.189. The van der Waals surface area contributed by atoms with E-state index in [1.807, 2.05) is 25.7 Å². The van der Waals surface area contributed by atoms with Crippen LogP contribution in [-0.2, 0) is 9.53 Å². The van der Waals surface area contributed by atoms with Gasteiger partial charge in [-0.3, -0.25) is 4.79 Å². The Morgan fingerprint density at radius 3 is 2.29 bits per heavy atom. The lowest BCUT2D eigenvalue weighted by Crippen LogP contribution is -2.52. The molecule has 120 valence electrons. The molecule has 0 aromatic rings. The molecule has 2 rings (SSSR count). The number of hydrogen-bond acceptors (Lipinski definition) is 4. The highest BCUT2D eigenvalue weighted by molar-refractivity contribution is 5.73. The van der Waals surface area contributed by atoms with Crippen molar-refractivity contribution in [3.8, 4) is 0 Å². The standard InChI is InChI=1S/C15H27N3O3/c1-15(2,3)21-14(20)18-11-4-5-12(18)9-10(8-11)17-7-6-13(16)19/h10-12,17H,4-9H2,1-3H3,(H2,16,19). The third-order valence-corrected chi connectivity index (χ3v) is 4.14. The first-order valence-corrected chi connectivity index (χ1v) is 7.79. The summed E-state index contributed by atoms with van der Waals surface area (Å²) in [4.78, 5) is 25.0. The van der Waals surface area contributed by atoms with Crippen molar-refractivity contribution < 1.29 is 14.3 Å². The number of piperidine rings is 1. The summed E-state index contributed by atoms with van der Waals surface area (Å²) >= 11 is 0. The minimum atomic E-state index is -0.451. The Bertz CT molecular complexity index is 391. The summed E-state index contributed by atoms with van der Waals surface area (Å²) in [5.41, 5.74) is 4.70. The van der Waals surface area contributed by atoms with Crippen molar-refractivity contribution in [1.29, 1.82) is 0 Å². The molecule has 3 N–H and O–H groups in total. The summed E-state index contributed by atoms with van der Waals surface area (Å²) < 4.78 is 5.51. The number of nitrogens with one attached hydrogen (secondary N) is 1. The number of amides is 2. The lowest BCUT2D eigenvalue weighted by atomic mass is 9.97. The lowest BCUT2D eigenvalue weighted by molar-refractivity contribution is -0.117. The maximum absolute atomic E-state index is 12.3. The van der Waals surface area contributed by atoms with Gasteiger partial charge in [-0.05, 0) is 46.5 Å². The van der Waals surface area contributed by atoms with Crippen LogP contribution in [0.15, 0.2) is 0 Å². The van der Waals surface area contributed by atoms with E-state index in [0.29, 0.717) is 19.0 Å². The second-order valence-electron chi connectivity index (χ2n) is 7.11. The van der Waals surface area contributed by atoms with E-state index in [-0.39, 0.29) is 24.1 Å². The molecule has 2 aliphatic rings. The molecule has 6 heteroatoms. The monoisotopic (exact) mass is 297 g/mol. The van der Waals surface area contributed by atoms with E-state index in [4.69, 9.17) is 10.5 Å². The molecule has 2 bridgehead atoms. The summed E-state index contributed by atoms with van der Waals surface area (Å²) in [6.07, 6.45) is 4.10. The molecule has 2 atom stereocenters. The Labute approximate surface area is 126 Å². The molecule has 2 saturated heterocycles. The van der Waals surface area contributed by atoms with Crippen LogP contribution in [0.4, 0.5) is 4.79 Å². The Kier molecular flexibility index (Phi) is 4.76. The molecule has 0 saturated carbocycles. The fourth-order valence-electron chi connectivity index (χ4n) is 3.36. The summed E-state index contributed by atoms with van der Waals surface area (Å²) in [6.45, 7) is 6.30. The molecule has 2 heterocycles. The van der Waals surface area contributed by atoms with E-state index >= 15 is 0 Å². The van der Waals surface area contributed by atoms with Gasteiger partial charge in [-0.2, -0.15) is 0 Å². The van der Waals surface area contributed by atoms with Crippen LogP contribution >= 0.6 is 0 Å². The molecule has 2 aliphatic heterocycles. The number of carbonyl (C=O) groups excluding carboxylic acids is 2. The van der Waals surface area contributed by atoms with E-state index in [0.717, 1.165) is 25.7 Å². The van der Waals surface area contributed by atoms with Crippen LogP contribution < -0.4 is 11.1 Å². The Hall–Kier alpha value is -1.30. The minimum Gasteiger partial charge on any atom is -0.444 e. The topological polar surface area (TPSA) is 84.7 Å². The molecule has 0 radical (unpaired) electrons. The normalized spacial score (nSPS) is 28.5. The molecule has 21 heavy (non-hydrogen) atoms. The van der Waals surface area contributed by atoms with Gasteiger partial charge in [0.05, 0.1) is 0 Å². The third-order valence-electron chi connectivity index (χ3n) is 4.14. The van der Waals surface area contributed by atoms with Crippen molar-refractivity contribution in [3.05, 3.63) is 0 Å². The highest BCUT2D eigenvalue weighted by Crippen LogP contribution is 2.36. The SMILES string of the molecule is CC(C)(C)OC(=O)N1C2CCC1CC(NCCC(N)=O)C2. The maximum Gasteiger partial charge on any atom is 0.410 e. The van der Waals surface area contributed by atoms with E-state index in [1.165, 1.54) is 0 Å². The molecule has 2 unspecified atom stereocenters. The number of carbonyl (C=O) groups is 2. The van der Waals surface area contributed by atoms with Crippen LogP contribution in [0.2, 0.25) is 0 Å². The Morgan fingerprint density at radius 2 is 1.81 bits per heavy atom. The van der Waals surface area contributed by atoms with E-state index in [9.17, 15) is 9.59 Å². The van der Waals surface area contributed by atoms with Gasteiger partial charge in [0.15, 0.2) is 0 Å². The molecule has 6 nitrogen and oxygen atoms in total. The Balaban J connectivity index is 1.87. The molecule has 2 fully saturated rings. The average Bonchev–Trinajstić information content (AvgIpc) is 2.59. The van der Waals surface area contributed by atoms with Crippen LogP contribution in [0.1, 0.15) is 52.9 Å². The Morgan fingerprint density at radius 1 is 1.24 bits per heavy atom. The van der Waals surface area contributed by atoms with Crippen molar-refractivity contribution in [1.82, 2.24) is 10.2 Å². The fraction of sp³-hybridized carbons (Fsp3) is 0.867. The predicted octanol–water partition coefficient (Wildman–Crippen LogP) is 1.38. The molecule has 0 spiro atoms. The summed E-state index contributed by atoms with van der Waals surface area (Å²) in [5, 5.41) is 3.38. The van der Waals surface area contributed by atoms with Gasteiger partial charge in [0.2, 0.25) is 5.91 Å². The third kappa shape index (κ3) is 4.33. The number of ether oxygens (including phenoxy) is 1. The number of hydrogen-bond donors (Lipinski definition) is 2. The first kappa shape index (κ1) is 16.1. The molecule has 0 aromatic carbocycles. The van der Waals surface area contributed by atoms with Crippen molar-refractivity contribution in [3.63, 3.8) is 0 Å².